The number of hydrogen-bond acceptors (Lipinski definition) is 7. The number of hydrogen-bond donors (Lipinski definition) is 1. The summed E-state index contributed by atoms with van der Waals surface area (Å²) in [5, 5.41) is 12.1. The zero-order chi connectivity index (χ0) is 22.4. The number of anilines is 1. The molecule has 1 N–H and O–H groups in total. The van der Waals surface area contributed by atoms with Crippen molar-refractivity contribution in [3.63, 3.8) is 0 Å². The predicted molar refractivity (Wildman–Crippen MR) is 113 cm³/mol. The predicted octanol–water partition coefficient (Wildman–Crippen LogP) is 3.42. The maximum Gasteiger partial charge on any atom is 0.387 e. The number of nitrogens with one attached hydrogen (secondary N) is 1. The monoisotopic (exact) mass is 444 g/mol. The van der Waals surface area contributed by atoms with Crippen molar-refractivity contribution in [2.45, 2.75) is 37.7 Å². The van der Waals surface area contributed by atoms with Crippen LogP contribution in [0.4, 0.5) is 14.6 Å². The fraction of sp³-hybridized carbons (Fsp3) is 0.478. The molecule has 1 aromatic carbocycles. The van der Waals surface area contributed by atoms with Crippen molar-refractivity contribution in [1.29, 1.82) is 5.26 Å². The van der Waals surface area contributed by atoms with E-state index in [-0.39, 0.29) is 11.9 Å². The Bertz CT molecular complexity index is 938. The van der Waals surface area contributed by atoms with Crippen LogP contribution in [0.1, 0.15) is 24.0 Å². The normalized spacial score (nSPS) is 23.8. The molecule has 2 atom stereocenters. The van der Waals surface area contributed by atoms with Crippen molar-refractivity contribution in [3.8, 4) is 11.8 Å². The zero-order valence-corrected chi connectivity index (χ0v) is 17.7. The highest BCUT2D eigenvalue weighted by Gasteiger charge is 2.43. The third-order valence-corrected chi connectivity index (χ3v) is 5.75. The van der Waals surface area contributed by atoms with Crippen molar-refractivity contribution in [1.82, 2.24) is 9.88 Å². The van der Waals surface area contributed by atoms with Gasteiger partial charge >= 0.3 is 6.61 Å². The van der Waals surface area contributed by atoms with Gasteiger partial charge in [-0.3, -0.25) is 4.90 Å². The number of aromatic nitrogens is 1. The summed E-state index contributed by atoms with van der Waals surface area (Å²) in [5.41, 5.74) is 0.801. The number of nitriles is 1. The molecule has 2 aromatic rings. The van der Waals surface area contributed by atoms with Crippen LogP contribution in [-0.2, 0) is 16.0 Å². The lowest BCUT2D eigenvalue weighted by Crippen LogP contribution is -2.44. The first kappa shape index (κ1) is 22.4. The molecule has 7 nitrogen and oxygen atoms in total. The highest BCUT2D eigenvalue weighted by molar-refractivity contribution is 5.39. The number of pyridine rings is 1. The SMILES string of the molecule is N#Cc1ccc(NC[C@@H]2CC[C@]3(COCCN(Cc4ccccc4OC(F)F)C3)O2)nc1. The molecule has 3 heterocycles. The molecule has 0 amide bonds. The number of alkyl halides is 2. The summed E-state index contributed by atoms with van der Waals surface area (Å²) >= 11 is 0. The van der Waals surface area contributed by atoms with Crippen LogP contribution in [0, 0.1) is 11.3 Å². The zero-order valence-electron chi connectivity index (χ0n) is 17.7. The summed E-state index contributed by atoms with van der Waals surface area (Å²) in [7, 11) is 0. The summed E-state index contributed by atoms with van der Waals surface area (Å²) in [6.45, 7) is 0.632. The van der Waals surface area contributed by atoms with E-state index in [1.807, 2.05) is 12.1 Å². The number of rotatable bonds is 7. The molecule has 4 rings (SSSR count). The van der Waals surface area contributed by atoms with Crippen LogP contribution in [0.2, 0.25) is 0 Å². The molecule has 170 valence electrons. The molecule has 2 aliphatic heterocycles. The van der Waals surface area contributed by atoms with Crippen molar-refractivity contribution in [2.75, 3.05) is 38.2 Å². The maximum atomic E-state index is 12.8. The summed E-state index contributed by atoms with van der Waals surface area (Å²) in [6.07, 6.45) is 3.27. The lowest BCUT2D eigenvalue weighted by atomic mass is 9.99. The number of halogens is 2. The standard InChI is InChI=1S/C23H26F2N4O3/c24-22(25)31-20-4-2-1-3-18(20)14-29-9-10-30-16-23(15-29)8-7-19(32-23)13-28-21-6-5-17(11-26)12-27-21/h1-6,12,19,22H,7-10,13-16H2,(H,27,28)/t19-,23-/m0/s1. The maximum absolute atomic E-state index is 12.8. The van der Waals surface area contributed by atoms with Gasteiger partial charge in [0, 0.05) is 37.9 Å². The van der Waals surface area contributed by atoms with Gasteiger partial charge in [-0.25, -0.2) is 4.98 Å². The van der Waals surface area contributed by atoms with E-state index in [9.17, 15) is 8.78 Å². The van der Waals surface area contributed by atoms with E-state index in [0.29, 0.717) is 56.3 Å². The number of nitrogens with zero attached hydrogens (tertiary/aromatic N) is 3. The Kier molecular flexibility index (Phi) is 7.15. The van der Waals surface area contributed by atoms with Gasteiger partial charge in [0.05, 0.1) is 24.9 Å². The summed E-state index contributed by atoms with van der Waals surface area (Å²) in [5.74, 6) is 0.897. The minimum Gasteiger partial charge on any atom is -0.434 e. The molecule has 0 aliphatic carbocycles. The van der Waals surface area contributed by atoms with Crippen molar-refractivity contribution in [3.05, 3.63) is 53.7 Å². The highest BCUT2D eigenvalue weighted by Crippen LogP contribution is 2.34. The Balaban J connectivity index is 1.36. The van der Waals surface area contributed by atoms with Gasteiger partial charge in [-0.2, -0.15) is 14.0 Å². The van der Waals surface area contributed by atoms with Gasteiger partial charge < -0.3 is 19.5 Å². The van der Waals surface area contributed by atoms with Crippen LogP contribution in [0.15, 0.2) is 42.6 Å². The van der Waals surface area contributed by atoms with Crippen molar-refractivity contribution < 1.29 is 23.0 Å². The van der Waals surface area contributed by atoms with Crippen molar-refractivity contribution in [2.24, 2.45) is 0 Å². The molecular formula is C23H26F2N4O3. The molecule has 0 radical (unpaired) electrons. The second-order valence-electron chi connectivity index (χ2n) is 8.14. The van der Waals surface area contributed by atoms with Gasteiger partial charge in [0.15, 0.2) is 0 Å². The number of ether oxygens (including phenoxy) is 3. The molecule has 32 heavy (non-hydrogen) atoms. The molecule has 0 saturated carbocycles. The summed E-state index contributed by atoms with van der Waals surface area (Å²) in [6, 6.07) is 12.4. The minimum absolute atomic E-state index is 0.00504. The van der Waals surface area contributed by atoms with E-state index >= 15 is 0 Å². The van der Waals surface area contributed by atoms with E-state index in [4.69, 9.17) is 14.7 Å². The second kappa shape index (κ2) is 10.2. The van der Waals surface area contributed by atoms with Crippen molar-refractivity contribution >= 4 is 5.82 Å². The molecule has 1 aromatic heterocycles. The summed E-state index contributed by atoms with van der Waals surface area (Å²) in [4.78, 5) is 6.41. The summed E-state index contributed by atoms with van der Waals surface area (Å²) < 4.78 is 42.5. The molecule has 9 heteroatoms. The van der Waals surface area contributed by atoms with E-state index < -0.39 is 12.2 Å². The molecule has 0 unspecified atom stereocenters. The van der Waals surface area contributed by atoms with Crippen LogP contribution in [-0.4, -0.2) is 61.0 Å². The van der Waals surface area contributed by atoms with Crippen LogP contribution >= 0.6 is 0 Å². The van der Waals surface area contributed by atoms with E-state index in [0.717, 1.165) is 12.8 Å². The van der Waals surface area contributed by atoms with E-state index in [1.54, 1.807) is 24.3 Å². The molecule has 0 bridgehead atoms. The smallest absolute Gasteiger partial charge is 0.387 e. The average Bonchev–Trinajstić information content (AvgIpc) is 3.08. The molecule has 2 fully saturated rings. The van der Waals surface area contributed by atoms with Gasteiger partial charge in [0.25, 0.3) is 0 Å². The quantitative estimate of drug-likeness (QED) is 0.701. The Hall–Kier alpha value is -2.80. The van der Waals surface area contributed by atoms with E-state index in [2.05, 4.69) is 26.0 Å². The van der Waals surface area contributed by atoms with E-state index in [1.165, 1.54) is 6.20 Å². The third kappa shape index (κ3) is 5.71. The Morgan fingerprint density at radius 1 is 1.31 bits per heavy atom. The molecule has 1 spiro atoms. The number of para-hydroxylation sites is 1. The lowest BCUT2D eigenvalue weighted by Gasteiger charge is -2.32. The lowest BCUT2D eigenvalue weighted by molar-refractivity contribution is -0.0829. The van der Waals surface area contributed by atoms with Crippen LogP contribution in [0.3, 0.4) is 0 Å². The largest absolute Gasteiger partial charge is 0.434 e. The second-order valence-corrected chi connectivity index (χ2v) is 8.14. The van der Waals surface area contributed by atoms with Gasteiger partial charge in [-0.15, -0.1) is 0 Å². The Morgan fingerprint density at radius 2 is 2.19 bits per heavy atom. The highest BCUT2D eigenvalue weighted by atomic mass is 19.3. The van der Waals surface area contributed by atoms with Crippen LogP contribution in [0.25, 0.3) is 0 Å². The first-order chi connectivity index (χ1) is 15.5. The fourth-order valence-corrected chi connectivity index (χ4v) is 4.25. The molecular weight excluding hydrogens is 418 g/mol. The van der Waals surface area contributed by atoms with Gasteiger partial charge in [-0.05, 0) is 31.0 Å². The number of benzene rings is 1. The molecule has 2 saturated heterocycles. The average molecular weight is 444 g/mol. The Morgan fingerprint density at radius 3 is 2.97 bits per heavy atom. The first-order valence-corrected chi connectivity index (χ1v) is 10.7. The van der Waals surface area contributed by atoms with Gasteiger partial charge in [0.1, 0.15) is 23.2 Å². The van der Waals surface area contributed by atoms with Gasteiger partial charge in [0.2, 0.25) is 0 Å². The van der Waals surface area contributed by atoms with Gasteiger partial charge in [-0.1, -0.05) is 18.2 Å². The minimum atomic E-state index is -2.85. The van der Waals surface area contributed by atoms with Crippen LogP contribution in [0.5, 0.6) is 5.75 Å². The Labute approximate surface area is 185 Å². The first-order valence-electron chi connectivity index (χ1n) is 10.7. The third-order valence-electron chi connectivity index (χ3n) is 5.75. The van der Waals surface area contributed by atoms with Crippen LogP contribution < -0.4 is 10.1 Å². The topological polar surface area (TPSA) is 79.6 Å². The fourth-order valence-electron chi connectivity index (χ4n) is 4.25. The molecule has 2 aliphatic rings.